The van der Waals surface area contributed by atoms with Crippen LogP contribution in [0, 0.1) is 5.82 Å². The van der Waals surface area contributed by atoms with Crippen LogP contribution >= 0.6 is 0 Å². The zero-order valence-electron chi connectivity index (χ0n) is 9.88. The zero-order chi connectivity index (χ0) is 13.3. The number of hydrogen-bond acceptors (Lipinski definition) is 4. The van der Waals surface area contributed by atoms with Crippen molar-refractivity contribution < 1.29 is 17.9 Å². The molecular weight excluding hydrogens is 259 g/mol. The van der Waals surface area contributed by atoms with Crippen molar-refractivity contribution in [2.24, 2.45) is 0 Å². The third kappa shape index (κ3) is 2.39. The fourth-order valence-electron chi connectivity index (χ4n) is 1.97. The van der Waals surface area contributed by atoms with E-state index in [0.717, 1.165) is 16.4 Å². The second-order valence-electron chi connectivity index (χ2n) is 4.27. The largest absolute Gasteiger partial charge is 0.390 e. The third-order valence-electron chi connectivity index (χ3n) is 3.11. The summed E-state index contributed by atoms with van der Waals surface area (Å²) in [6.45, 7) is 0.770. The van der Waals surface area contributed by atoms with Gasteiger partial charge in [0.2, 0.25) is 10.0 Å². The lowest BCUT2D eigenvalue weighted by Crippen LogP contribution is -2.44. The van der Waals surface area contributed by atoms with E-state index in [1.165, 1.54) is 19.2 Å². The number of rotatable bonds is 3. The molecular formula is C11H15FN2O3S. The highest BCUT2D eigenvalue weighted by molar-refractivity contribution is 7.89. The van der Waals surface area contributed by atoms with Gasteiger partial charge in [0.05, 0.1) is 17.0 Å². The van der Waals surface area contributed by atoms with Gasteiger partial charge in [-0.1, -0.05) is 0 Å². The first-order valence-corrected chi connectivity index (χ1v) is 6.99. The van der Waals surface area contributed by atoms with Gasteiger partial charge < -0.3 is 10.4 Å². The monoisotopic (exact) mass is 274 g/mol. The van der Waals surface area contributed by atoms with E-state index < -0.39 is 28.0 Å². The first kappa shape index (κ1) is 13.4. The van der Waals surface area contributed by atoms with Crippen molar-refractivity contribution >= 4 is 10.0 Å². The standard InChI is InChI=1S/C11H15FN2O3S/c1-14(10-6-13-7-11(10)15)18(16,17)9-4-2-8(12)3-5-9/h2-5,10-11,13,15H,6-7H2,1H3/t10-,11-/m0/s1. The lowest BCUT2D eigenvalue weighted by atomic mass is 10.2. The molecule has 0 unspecified atom stereocenters. The maximum absolute atomic E-state index is 12.8. The summed E-state index contributed by atoms with van der Waals surface area (Å²) in [6.07, 6.45) is -0.731. The number of halogens is 1. The Hall–Kier alpha value is -1.02. The molecule has 1 aliphatic rings. The van der Waals surface area contributed by atoms with Gasteiger partial charge in [0.25, 0.3) is 0 Å². The molecule has 0 saturated carbocycles. The molecule has 0 spiro atoms. The van der Waals surface area contributed by atoms with E-state index in [1.54, 1.807) is 0 Å². The van der Waals surface area contributed by atoms with Gasteiger partial charge in [-0.2, -0.15) is 4.31 Å². The number of likely N-dealkylation sites (N-methyl/N-ethyl adjacent to an activating group) is 1. The Bertz CT molecular complexity index is 518. The third-order valence-corrected chi connectivity index (χ3v) is 5.01. The lowest BCUT2D eigenvalue weighted by molar-refractivity contribution is 0.136. The minimum atomic E-state index is -3.71. The van der Waals surface area contributed by atoms with Crippen LogP contribution in [0.2, 0.25) is 0 Å². The molecule has 0 bridgehead atoms. The molecule has 5 nitrogen and oxygen atoms in total. The van der Waals surface area contributed by atoms with Crippen LogP contribution in [0.1, 0.15) is 0 Å². The van der Waals surface area contributed by atoms with Crippen molar-refractivity contribution in [3.63, 3.8) is 0 Å². The molecule has 7 heteroatoms. The van der Waals surface area contributed by atoms with Crippen molar-refractivity contribution in [2.75, 3.05) is 20.1 Å². The van der Waals surface area contributed by atoms with Gasteiger partial charge in [0.1, 0.15) is 5.82 Å². The number of benzene rings is 1. The van der Waals surface area contributed by atoms with Gasteiger partial charge in [-0.25, -0.2) is 12.8 Å². The predicted molar refractivity (Wildman–Crippen MR) is 64.0 cm³/mol. The van der Waals surface area contributed by atoms with Crippen LogP contribution < -0.4 is 5.32 Å². The van der Waals surface area contributed by atoms with Crippen LogP contribution in [0.5, 0.6) is 0 Å². The van der Waals surface area contributed by atoms with Gasteiger partial charge in [-0.15, -0.1) is 0 Å². The number of nitrogens with one attached hydrogen (secondary N) is 1. The Labute approximate surface area is 105 Å². The molecule has 1 heterocycles. The van der Waals surface area contributed by atoms with Crippen molar-refractivity contribution in [2.45, 2.75) is 17.0 Å². The SMILES string of the molecule is CN([C@H]1CNC[C@@H]1O)S(=O)(=O)c1ccc(F)cc1. The summed E-state index contributed by atoms with van der Waals surface area (Å²) in [5.41, 5.74) is 0. The molecule has 1 aromatic rings. The first-order chi connectivity index (χ1) is 8.43. The molecule has 1 saturated heterocycles. The molecule has 2 atom stereocenters. The van der Waals surface area contributed by atoms with Gasteiger partial charge in [0, 0.05) is 20.1 Å². The number of hydrogen-bond donors (Lipinski definition) is 2. The fourth-order valence-corrected chi connectivity index (χ4v) is 3.36. The summed E-state index contributed by atoms with van der Waals surface area (Å²) < 4.78 is 38.4. The van der Waals surface area contributed by atoms with Crippen LogP contribution in [0.15, 0.2) is 29.2 Å². The second kappa shape index (κ2) is 4.93. The number of nitrogens with zero attached hydrogens (tertiary/aromatic N) is 1. The zero-order valence-corrected chi connectivity index (χ0v) is 10.7. The van der Waals surface area contributed by atoms with Crippen molar-refractivity contribution in [3.8, 4) is 0 Å². The average Bonchev–Trinajstić information content (AvgIpc) is 2.75. The first-order valence-electron chi connectivity index (χ1n) is 5.55. The minimum Gasteiger partial charge on any atom is -0.390 e. The lowest BCUT2D eigenvalue weighted by Gasteiger charge is -2.25. The normalized spacial score (nSPS) is 24.7. The van der Waals surface area contributed by atoms with Gasteiger partial charge in [0.15, 0.2) is 0 Å². The molecule has 2 N–H and O–H groups in total. The Morgan fingerprint density at radius 1 is 1.33 bits per heavy atom. The van der Waals surface area contributed by atoms with Gasteiger partial charge in [-0.3, -0.25) is 0 Å². The molecule has 1 aliphatic heterocycles. The van der Waals surface area contributed by atoms with E-state index in [0.29, 0.717) is 13.1 Å². The summed E-state index contributed by atoms with van der Waals surface area (Å²) in [5.74, 6) is -0.487. The number of aliphatic hydroxyl groups excluding tert-OH is 1. The highest BCUT2D eigenvalue weighted by Gasteiger charge is 2.35. The van der Waals surface area contributed by atoms with Crippen LogP contribution in [0.4, 0.5) is 4.39 Å². The summed E-state index contributed by atoms with van der Waals surface area (Å²) in [6, 6.07) is 4.14. The highest BCUT2D eigenvalue weighted by Crippen LogP contribution is 2.19. The van der Waals surface area contributed by atoms with E-state index in [1.807, 2.05) is 0 Å². The highest BCUT2D eigenvalue weighted by atomic mass is 32.2. The van der Waals surface area contributed by atoms with Crippen LogP contribution in [0.25, 0.3) is 0 Å². The van der Waals surface area contributed by atoms with E-state index in [-0.39, 0.29) is 4.90 Å². The van der Waals surface area contributed by atoms with Crippen LogP contribution in [0.3, 0.4) is 0 Å². The maximum Gasteiger partial charge on any atom is 0.243 e. The second-order valence-corrected chi connectivity index (χ2v) is 6.27. The van der Waals surface area contributed by atoms with E-state index in [9.17, 15) is 17.9 Å². The van der Waals surface area contributed by atoms with Crippen LogP contribution in [-0.2, 0) is 10.0 Å². The van der Waals surface area contributed by atoms with E-state index in [4.69, 9.17) is 0 Å². The maximum atomic E-state index is 12.8. The van der Waals surface area contributed by atoms with Crippen molar-refractivity contribution in [1.82, 2.24) is 9.62 Å². The number of aliphatic hydroxyl groups is 1. The Kier molecular flexibility index (Phi) is 3.67. The topological polar surface area (TPSA) is 69.6 Å². The number of β-amino-alcohol motifs (C(OH)–C–C–N with tert-alkyl or cyclic N) is 1. The molecule has 100 valence electrons. The molecule has 18 heavy (non-hydrogen) atoms. The van der Waals surface area contributed by atoms with E-state index in [2.05, 4.69) is 5.32 Å². The summed E-state index contributed by atoms with van der Waals surface area (Å²) in [4.78, 5) is 0.0190. The molecule has 1 fully saturated rings. The van der Waals surface area contributed by atoms with E-state index >= 15 is 0 Å². The fraction of sp³-hybridized carbons (Fsp3) is 0.455. The Balaban J connectivity index is 2.28. The Morgan fingerprint density at radius 3 is 2.44 bits per heavy atom. The minimum absolute atomic E-state index is 0.0190. The summed E-state index contributed by atoms with van der Waals surface area (Å²) in [7, 11) is -2.29. The molecule has 1 aromatic carbocycles. The molecule has 0 amide bonds. The van der Waals surface area contributed by atoms with Gasteiger partial charge >= 0.3 is 0 Å². The predicted octanol–water partition coefficient (Wildman–Crippen LogP) is -0.221. The molecule has 0 radical (unpaired) electrons. The molecule has 0 aromatic heterocycles. The van der Waals surface area contributed by atoms with Crippen molar-refractivity contribution in [1.29, 1.82) is 0 Å². The summed E-state index contributed by atoms with van der Waals surface area (Å²) in [5, 5.41) is 12.6. The molecule has 0 aliphatic carbocycles. The van der Waals surface area contributed by atoms with Crippen molar-refractivity contribution in [3.05, 3.63) is 30.1 Å². The molecule has 2 rings (SSSR count). The Morgan fingerprint density at radius 2 is 1.94 bits per heavy atom. The number of sulfonamides is 1. The smallest absolute Gasteiger partial charge is 0.243 e. The average molecular weight is 274 g/mol. The summed E-state index contributed by atoms with van der Waals surface area (Å²) >= 11 is 0. The quantitative estimate of drug-likeness (QED) is 0.799. The van der Waals surface area contributed by atoms with Crippen LogP contribution in [-0.4, -0.2) is 50.1 Å². The van der Waals surface area contributed by atoms with Gasteiger partial charge in [-0.05, 0) is 24.3 Å².